The number of terminal acetylenes is 1. The lowest BCUT2D eigenvalue weighted by molar-refractivity contribution is -0.121. The monoisotopic (exact) mass is 378 g/mol. The van der Waals surface area contributed by atoms with Crippen molar-refractivity contribution >= 4 is 5.91 Å². The predicted octanol–water partition coefficient (Wildman–Crippen LogP) is 2.15. The van der Waals surface area contributed by atoms with Gasteiger partial charge in [-0.15, -0.1) is 12.3 Å². The molecule has 0 radical (unpaired) electrons. The minimum absolute atomic E-state index is 0.121. The Labute approximate surface area is 162 Å². The molecule has 3 rings (SSSR count). The van der Waals surface area contributed by atoms with E-state index in [2.05, 4.69) is 36.4 Å². The molecule has 0 unspecified atom stereocenters. The molecule has 3 heterocycles. The maximum absolute atomic E-state index is 12.4. The van der Waals surface area contributed by atoms with Crippen molar-refractivity contribution in [1.82, 2.24) is 20.3 Å². The molecule has 2 N–H and O–H groups in total. The number of carbonyl (C=O) groups excluding carboxylic acids is 1. The highest BCUT2D eigenvalue weighted by molar-refractivity contribution is 5.76. The Bertz CT molecular complexity index is 968. The molecule has 0 aromatic carbocycles. The number of hydrogen-bond acceptors (Lipinski definition) is 6. The van der Waals surface area contributed by atoms with Crippen molar-refractivity contribution in [2.24, 2.45) is 10.2 Å². The average Bonchev–Trinajstić information content (AvgIpc) is 3.46. The molecule has 1 aliphatic rings. The zero-order chi connectivity index (χ0) is 20.0. The fraction of sp³-hybridized carbons (Fsp3) is 0.400. The van der Waals surface area contributed by atoms with Crippen molar-refractivity contribution in [3.63, 3.8) is 0 Å². The van der Waals surface area contributed by atoms with Crippen LogP contribution in [0.4, 0.5) is 0 Å². The summed E-state index contributed by atoms with van der Waals surface area (Å²) in [6.07, 6.45) is 11.1. The van der Waals surface area contributed by atoms with Gasteiger partial charge in [-0.05, 0) is 25.5 Å². The Kier molecular flexibility index (Phi) is 5.94. The van der Waals surface area contributed by atoms with Crippen LogP contribution in [0.2, 0.25) is 0 Å². The summed E-state index contributed by atoms with van der Waals surface area (Å²) in [5.41, 5.74) is 1.29. The molecule has 8 heteroatoms. The Hall–Kier alpha value is -3.34. The second-order valence-corrected chi connectivity index (χ2v) is 6.70. The predicted molar refractivity (Wildman–Crippen MR) is 104 cm³/mol. The molecule has 28 heavy (non-hydrogen) atoms. The van der Waals surface area contributed by atoms with Crippen molar-refractivity contribution in [3.8, 4) is 23.7 Å². The summed E-state index contributed by atoms with van der Waals surface area (Å²) in [5, 5.41) is 10.9. The lowest BCUT2D eigenvalue weighted by Gasteiger charge is -2.10. The van der Waals surface area contributed by atoms with Gasteiger partial charge >= 0.3 is 0 Å². The standard InChI is InChI=1S/C20H22N6O2/c1-3-4-9-20(25-26-20)10-13-22-17(27)6-5-16-14(2)23-18(24-19(16)28)15-7-11-21-12-8-15/h1,7-8,11-12H,4-6,9-10,13H2,2H3,(H,22,27)(H,23,24,28). The van der Waals surface area contributed by atoms with Crippen LogP contribution in [-0.4, -0.2) is 33.1 Å². The van der Waals surface area contributed by atoms with E-state index in [0.717, 1.165) is 5.56 Å². The number of aromatic amines is 1. The second kappa shape index (κ2) is 8.57. The van der Waals surface area contributed by atoms with Crippen molar-refractivity contribution in [1.29, 1.82) is 0 Å². The number of aryl methyl sites for hydroxylation is 1. The summed E-state index contributed by atoms with van der Waals surface area (Å²) in [5.74, 6) is 2.95. The van der Waals surface area contributed by atoms with Crippen molar-refractivity contribution in [3.05, 3.63) is 46.1 Å². The van der Waals surface area contributed by atoms with Crippen LogP contribution >= 0.6 is 0 Å². The number of nitrogens with zero attached hydrogens (tertiary/aromatic N) is 4. The van der Waals surface area contributed by atoms with Crippen LogP contribution in [-0.2, 0) is 11.2 Å². The number of hydrogen-bond donors (Lipinski definition) is 2. The molecule has 0 saturated carbocycles. The molecule has 1 aliphatic heterocycles. The number of pyridine rings is 1. The highest BCUT2D eigenvalue weighted by atomic mass is 16.1. The summed E-state index contributed by atoms with van der Waals surface area (Å²) < 4.78 is 0. The molecule has 0 atom stereocenters. The fourth-order valence-corrected chi connectivity index (χ4v) is 2.95. The van der Waals surface area contributed by atoms with Gasteiger partial charge in [0.15, 0.2) is 5.66 Å². The topological polar surface area (TPSA) is 112 Å². The van der Waals surface area contributed by atoms with Gasteiger partial charge in [-0.25, -0.2) is 4.98 Å². The van der Waals surface area contributed by atoms with Gasteiger partial charge in [-0.2, -0.15) is 10.2 Å². The van der Waals surface area contributed by atoms with Crippen LogP contribution in [0.5, 0.6) is 0 Å². The van der Waals surface area contributed by atoms with E-state index >= 15 is 0 Å². The molecule has 0 aliphatic carbocycles. The molecule has 2 aromatic heterocycles. The number of H-pyrrole nitrogens is 1. The molecule has 0 fully saturated rings. The third-order valence-corrected chi connectivity index (χ3v) is 4.68. The van der Waals surface area contributed by atoms with Crippen molar-refractivity contribution in [2.45, 2.75) is 44.7 Å². The van der Waals surface area contributed by atoms with Gasteiger partial charge < -0.3 is 10.3 Å². The molecule has 0 saturated heterocycles. The highest BCUT2D eigenvalue weighted by Crippen LogP contribution is 2.35. The van der Waals surface area contributed by atoms with Gasteiger partial charge in [-0.1, -0.05) is 0 Å². The first kappa shape index (κ1) is 19.4. The van der Waals surface area contributed by atoms with E-state index in [1.165, 1.54) is 0 Å². The largest absolute Gasteiger partial charge is 0.356 e. The molecular weight excluding hydrogens is 356 g/mol. The molecule has 144 valence electrons. The van der Waals surface area contributed by atoms with E-state index in [0.29, 0.717) is 49.3 Å². The third kappa shape index (κ3) is 4.88. The van der Waals surface area contributed by atoms with Gasteiger partial charge in [-0.3, -0.25) is 14.6 Å². The first-order valence-electron chi connectivity index (χ1n) is 9.17. The minimum Gasteiger partial charge on any atom is -0.356 e. The van der Waals surface area contributed by atoms with E-state index in [4.69, 9.17) is 6.42 Å². The first-order valence-corrected chi connectivity index (χ1v) is 9.17. The molecule has 0 spiro atoms. The summed E-state index contributed by atoms with van der Waals surface area (Å²) in [6.45, 7) is 2.25. The fourth-order valence-electron chi connectivity index (χ4n) is 2.95. The Morgan fingerprint density at radius 2 is 2.04 bits per heavy atom. The zero-order valence-electron chi connectivity index (χ0n) is 15.7. The number of amides is 1. The van der Waals surface area contributed by atoms with Crippen molar-refractivity contribution < 1.29 is 4.79 Å². The maximum atomic E-state index is 12.4. The van der Waals surface area contributed by atoms with Gasteiger partial charge in [0.05, 0.1) is 0 Å². The minimum atomic E-state index is -0.403. The molecule has 8 nitrogen and oxygen atoms in total. The summed E-state index contributed by atoms with van der Waals surface area (Å²) in [4.78, 5) is 35.7. The SMILES string of the molecule is C#CCCC1(CCNC(=O)CCc2c(C)nc(-c3ccncc3)[nH]c2=O)N=N1. The Morgan fingerprint density at radius 1 is 1.29 bits per heavy atom. The summed E-state index contributed by atoms with van der Waals surface area (Å²) in [7, 11) is 0. The number of nitrogens with one attached hydrogen (secondary N) is 2. The van der Waals surface area contributed by atoms with Crippen LogP contribution < -0.4 is 10.9 Å². The van der Waals surface area contributed by atoms with E-state index in [-0.39, 0.29) is 17.9 Å². The Balaban J connectivity index is 1.51. The van der Waals surface area contributed by atoms with E-state index in [1.54, 1.807) is 31.5 Å². The van der Waals surface area contributed by atoms with E-state index in [1.807, 2.05) is 0 Å². The van der Waals surface area contributed by atoms with Crippen LogP contribution in [0.3, 0.4) is 0 Å². The first-order chi connectivity index (χ1) is 13.5. The summed E-state index contributed by atoms with van der Waals surface area (Å²) in [6, 6.07) is 3.55. The molecule has 2 aromatic rings. The van der Waals surface area contributed by atoms with Gasteiger partial charge in [0, 0.05) is 61.4 Å². The molecule has 0 bridgehead atoms. The zero-order valence-corrected chi connectivity index (χ0v) is 15.7. The van der Waals surface area contributed by atoms with Crippen LogP contribution in [0.15, 0.2) is 39.5 Å². The molecular formula is C20H22N6O2. The smallest absolute Gasteiger partial charge is 0.254 e. The van der Waals surface area contributed by atoms with E-state index < -0.39 is 5.66 Å². The lowest BCUT2D eigenvalue weighted by Crippen LogP contribution is -2.29. The Morgan fingerprint density at radius 3 is 2.68 bits per heavy atom. The van der Waals surface area contributed by atoms with Gasteiger partial charge in [0.1, 0.15) is 5.82 Å². The molecule has 1 amide bonds. The van der Waals surface area contributed by atoms with Crippen LogP contribution in [0.25, 0.3) is 11.4 Å². The third-order valence-electron chi connectivity index (χ3n) is 4.68. The second-order valence-electron chi connectivity index (χ2n) is 6.70. The van der Waals surface area contributed by atoms with Gasteiger partial charge in [0.2, 0.25) is 5.91 Å². The van der Waals surface area contributed by atoms with Crippen molar-refractivity contribution in [2.75, 3.05) is 6.54 Å². The maximum Gasteiger partial charge on any atom is 0.254 e. The average molecular weight is 378 g/mol. The van der Waals surface area contributed by atoms with Crippen LogP contribution in [0, 0.1) is 19.3 Å². The van der Waals surface area contributed by atoms with E-state index in [9.17, 15) is 9.59 Å². The highest BCUT2D eigenvalue weighted by Gasteiger charge is 2.38. The quantitative estimate of drug-likeness (QED) is 0.651. The number of aromatic nitrogens is 3. The lowest BCUT2D eigenvalue weighted by atomic mass is 10.0. The van der Waals surface area contributed by atoms with Gasteiger partial charge in [0.25, 0.3) is 5.56 Å². The number of rotatable bonds is 9. The summed E-state index contributed by atoms with van der Waals surface area (Å²) >= 11 is 0. The number of carbonyl (C=O) groups is 1. The normalized spacial score (nSPS) is 13.7. The van der Waals surface area contributed by atoms with Crippen LogP contribution in [0.1, 0.15) is 36.9 Å².